The minimum Gasteiger partial charge on any atom is -0.363 e. The highest BCUT2D eigenvalue weighted by Crippen LogP contribution is 2.39. The van der Waals surface area contributed by atoms with Crippen LogP contribution in [0.15, 0.2) is 107 Å². The van der Waals surface area contributed by atoms with Gasteiger partial charge in [0.1, 0.15) is 18.1 Å². The first kappa shape index (κ1) is 53.3. The van der Waals surface area contributed by atoms with Crippen LogP contribution in [0.1, 0.15) is 54.4 Å². The van der Waals surface area contributed by atoms with Crippen molar-refractivity contribution in [3.05, 3.63) is 172 Å². The number of nitrogens with one attached hydrogen (secondary N) is 1. The molecule has 6 aromatic rings. The van der Waals surface area contributed by atoms with E-state index in [0.29, 0.717) is 27.6 Å². The summed E-state index contributed by atoms with van der Waals surface area (Å²) in [4.78, 5) is 32.8. The highest BCUT2D eigenvalue weighted by Gasteiger charge is 2.38. The number of ketones is 2. The minimum atomic E-state index is -4.91. The monoisotopic (exact) mass is 1090 g/mol. The minimum absolute atomic E-state index is 0.0123. The average Bonchev–Trinajstić information content (AvgIpc) is 3.23. The number of pyridine rings is 2. The number of hydrogen-bond acceptors (Lipinski definition) is 9. The first-order valence-corrected chi connectivity index (χ1v) is 23.5. The van der Waals surface area contributed by atoms with Crippen molar-refractivity contribution < 1.29 is 57.5 Å². The number of carbonyl (C=O) groups excluding carboxylic acids is 2. The zero-order valence-electron chi connectivity index (χ0n) is 34.0. The molecule has 0 spiro atoms. The fourth-order valence-corrected chi connectivity index (χ4v) is 9.55. The Morgan fingerprint density at radius 3 is 1.58 bits per heavy atom. The van der Waals surface area contributed by atoms with Crippen LogP contribution < -0.4 is 9.03 Å². The van der Waals surface area contributed by atoms with Gasteiger partial charge in [-0.25, -0.2) is 31.1 Å². The van der Waals surface area contributed by atoms with E-state index >= 15 is 0 Å². The molecule has 25 heteroatoms. The van der Waals surface area contributed by atoms with E-state index in [2.05, 4.69) is 14.7 Å². The molecular weight excluding hydrogens is 1060 g/mol. The lowest BCUT2D eigenvalue weighted by atomic mass is 10.0. The Hall–Kier alpha value is -4.70. The van der Waals surface area contributed by atoms with E-state index in [0.717, 1.165) is 48.8 Å². The highest BCUT2D eigenvalue weighted by molar-refractivity contribution is 7.93. The molecule has 0 aliphatic heterocycles. The maximum absolute atomic E-state index is 13.5. The predicted molar refractivity (Wildman–Crippen MR) is 243 cm³/mol. The fourth-order valence-electron chi connectivity index (χ4n) is 5.88. The Balaban J connectivity index is 0.000000252. The number of aryl methyl sites for hydroxylation is 2. The zero-order chi connectivity index (χ0) is 50.0. The van der Waals surface area contributed by atoms with Crippen molar-refractivity contribution in [2.24, 2.45) is 0 Å². The number of benzene rings is 4. The number of nitrogens with zero attached hydrogens (tertiary/aromatic N) is 3. The second-order valence-corrected chi connectivity index (χ2v) is 19.7. The molecule has 0 radical (unpaired) electrons. The highest BCUT2D eigenvalue weighted by atomic mass is 35.5. The molecule has 0 aliphatic carbocycles. The average molecular weight is 1090 g/mol. The molecule has 11 nitrogen and oxygen atoms in total. The lowest BCUT2D eigenvalue weighted by Crippen LogP contribution is -2.34. The number of ether oxygens (including phenoxy) is 1. The molecule has 2 heterocycles. The van der Waals surface area contributed by atoms with Gasteiger partial charge in [-0.05, 0) is 85.6 Å². The molecule has 1 N–H and O–H groups in total. The second kappa shape index (κ2) is 20.9. The van der Waals surface area contributed by atoms with Gasteiger partial charge >= 0.3 is 12.4 Å². The number of rotatable bonds is 12. The van der Waals surface area contributed by atoms with Crippen molar-refractivity contribution in [2.45, 2.75) is 36.0 Å². The first-order valence-electron chi connectivity index (χ1n) is 18.3. The third-order valence-electron chi connectivity index (χ3n) is 9.14. The Kier molecular flexibility index (Phi) is 16.6. The molecule has 6 rings (SSSR count). The molecule has 0 unspecified atom stereocenters. The number of carbonyl (C=O) groups is 2. The van der Waals surface area contributed by atoms with E-state index in [1.165, 1.54) is 19.2 Å². The van der Waals surface area contributed by atoms with Gasteiger partial charge in [0.2, 0.25) is 11.6 Å². The summed E-state index contributed by atoms with van der Waals surface area (Å²) in [5.41, 5.74) is -2.70. The third-order valence-corrected chi connectivity index (χ3v) is 14.3. The Morgan fingerprint density at radius 2 is 1.09 bits per heavy atom. The number of halogens is 12. The van der Waals surface area contributed by atoms with Crippen molar-refractivity contribution in [3.63, 3.8) is 0 Å². The molecule has 0 saturated carbocycles. The lowest BCUT2D eigenvalue weighted by Gasteiger charge is -2.25. The fraction of sp³-hybridized carbons (Fsp3) is 0.143. The van der Waals surface area contributed by atoms with Gasteiger partial charge in [-0.3, -0.25) is 14.3 Å². The molecule has 0 saturated heterocycles. The van der Waals surface area contributed by atoms with E-state index in [9.17, 15) is 52.8 Å². The third kappa shape index (κ3) is 12.1. The van der Waals surface area contributed by atoms with Crippen LogP contribution in [0.2, 0.25) is 30.1 Å². The van der Waals surface area contributed by atoms with Gasteiger partial charge in [0, 0.05) is 30.6 Å². The van der Waals surface area contributed by atoms with Crippen LogP contribution in [0.25, 0.3) is 0 Å². The molecule has 2 aromatic heterocycles. The maximum atomic E-state index is 13.5. The van der Waals surface area contributed by atoms with Gasteiger partial charge < -0.3 is 4.74 Å². The first-order chi connectivity index (χ1) is 31.1. The summed E-state index contributed by atoms with van der Waals surface area (Å²) in [7, 11) is -8.13. The molecular formula is C42H28Cl6F6N4O7S2. The summed E-state index contributed by atoms with van der Waals surface area (Å²) in [5, 5.41) is -1.10. The summed E-state index contributed by atoms with van der Waals surface area (Å²) in [5.74, 6) is -1.44. The lowest BCUT2D eigenvalue weighted by molar-refractivity contribution is -0.138. The topological polar surface area (TPSA) is 153 Å². The number of anilines is 2. The summed E-state index contributed by atoms with van der Waals surface area (Å²) >= 11 is 35.6. The largest absolute Gasteiger partial charge is 0.417 e. The van der Waals surface area contributed by atoms with Crippen LogP contribution >= 0.6 is 69.6 Å². The van der Waals surface area contributed by atoms with Gasteiger partial charge in [0.05, 0.1) is 62.4 Å². The summed E-state index contributed by atoms with van der Waals surface area (Å²) < 4.78 is 140. The van der Waals surface area contributed by atoms with E-state index in [-0.39, 0.29) is 54.0 Å². The standard InChI is InChI=1S/C22H16Cl3F3N2O4S.C20H12Cl3F3N2O3S/c1-12-4-3-5-15(19(12)25)21(31)20-18(8-13(23)10-29-20)30(11-34-2)35(32,33)14-6-7-17(24)16(9-14)22(26,27)28;1-10-3-2-4-13(17(10)23)19(29)18-16(7-11(21)9-27-18)28-32(30,31)12-5-6-15(22)14(8-12)20(24,25)26/h3-10H,11H2,1-2H3;2-9,28H,1H3. The number of sulfonamides is 2. The molecule has 0 atom stereocenters. The molecule has 4 aromatic carbocycles. The smallest absolute Gasteiger partial charge is 0.363 e. The Labute approximate surface area is 408 Å². The summed E-state index contributed by atoms with van der Waals surface area (Å²) in [6.07, 6.45) is -7.53. The van der Waals surface area contributed by atoms with Gasteiger partial charge in [0.25, 0.3) is 20.0 Å². The zero-order valence-corrected chi connectivity index (χ0v) is 40.2. The van der Waals surface area contributed by atoms with Crippen LogP contribution in [-0.4, -0.2) is 52.2 Å². The Morgan fingerprint density at radius 1 is 0.642 bits per heavy atom. The van der Waals surface area contributed by atoms with Gasteiger partial charge in [-0.15, -0.1) is 0 Å². The van der Waals surface area contributed by atoms with Crippen LogP contribution in [0, 0.1) is 13.8 Å². The van der Waals surface area contributed by atoms with Crippen molar-refractivity contribution in [2.75, 3.05) is 22.9 Å². The SMILES string of the molecule is COCN(c1cc(Cl)cnc1C(=O)c1cccc(C)c1Cl)S(=O)(=O)c1ccc(Cl)c(C(F)(F)F)c1.Cc1cccc(C(=O)c2ncc(Cl)cc2NS(=O)(=O)c2ccc(Cl)c(C(F)(F)F)c2)c1Cl. The number of methoxy groups -OCH3 is 1. The Bertz CT molecular complexity index is 3150. The number of hydrogen-bond donors (Lipinski definition) is 1. The summed E-state index contributed by atoms with van der Waals surface area (Å²) in [6.45, 7) is 2.68. The normalized spacial score (nSPS) is 12.0. The molecule has 354 valence electrons. The van der Waals surface area contributed by atoms with Crippen molar-refractivity contribution in [1.82, 2.24) is 9.97 Å². The maximum Gasteiger partial charge on any atom is 0.417 e. The quantitative estimate of drug-likeness (QED) is 0.0717. The van der Waals surface area contributed by atoms with Crippen molar-refractivity contribution >= 4 is 113 Å². The number of aromatic nitrogens is 2. The van der Waals surface area contributed by atoms with Crippen LogP contribution in [-0.2, 0) is 37.1 Å². The van der Waals surface area contributed by atoms with Crippen molar-refractivity contribution in [1.29, 1.82) is 0 Å². The van der Waals surface area contributed by atoms with E-state index in [4.69, 9.17) is 74.3 Å². The van der Waals surface area contributed by atoms with Gasteiger partial charge in [-0.2, -0.15) is 26.3 Å². The van der Waals surface area contributed by atoms with Gasteiger partial charge in [-0.1, -0.05) is 93.9 Å². The molecule has 0 bridgehead atoms. The molecule has 0 aliphatic rings. The van der Waals surface area contributed by atoms with Crippen LogP contribution in [0.5, 0.6) is 0 Å². The molecule has 0 fully saturated rings. The molecule has 67 heavy (non-hydrogen) atoms. The second-order valence-electron chi connectivity index (χ2n) is 13.8. The van der Waals surface area contributed by atoms with E-state index in [1.54, 1.807) is 38.1 Å². The van der Waals surface area contributed by atoms with Crippen LogP contribution in [0.4, 0.5) is 37.7 Å². The van der Waals surface area contributed by atoms with Crippen molar-refractivity contribution in [3.8, 4) is 0 Å². The predicted octanol–water partition coefficient (Wildman–Crippen LogP) is 12.8. The van der Waals surface area contributed by atoms with E-state index < -0.39 is 81.7 Å². The van der Waals surface area contributed by atoms with Gasteiger partial charge in [0.15, 0.2) is 0 Å². The molecule has 0 amide bonds. The summed E-state index contributed by atoms with van der Waals surface area (Å²) in [6, 6.07) is 15.9. The van der Waals surface area contributed by atoms with Crippen LogP contribution in [0.3, 0.4) is 0 Å². The number of alkyl halides is 6. The van der Waals surface area contributed by atoms with E-state index in [1.807, 2.05) is 0 Å².